The number of rotatable bonds is 7. The van der Waals surface area contributed by atoms with Crippen LogP contribution in [0, 0.1) is 11.8 Å². The first kappa shape index (κ1) is 25.8. The lowest BCUT2D eigenvalue weighted by Crippen LogP contribution is -2.41. The van der Waals surface area contributed by atoms with Gasteiger partial charge in [-0.25, -0.2) is 0 Å². The Morgan fingerprint density at radius 1 is 0.524 bits per heavy atom. The molecule has 0 bridgehead atoms. The van der Waals surface area contributed by atoms with E-state index in [1.807, 2.05) is 139 Å². The number of anilines is 2. The van der Waals surface area contributed by atoms with E-state index in [-0.39, 0.29) is 11.8 Å². The molecule has 0 saturated heterocycles. The van der Waals surface area contributed by atoms with E-state index in [0.29, 0.717) is 22.8 Å². The highest BCUT2D eigenvalue weighted by Crippen LogP contribution is 2.46. The van der Waals surface area contributed by atoms with Gasteiger partial charge in [0, 0.05) is 10.8 Å². The Kier molecular flexibility index (Phi) is 6.78. The molecule has 4 aromatic carbocycles. The van der Waals surface area contributed by atoms with Crippen LogP contribution in [-0.2, 0) is 9.59 Å². The molecule has 1 aromatic heterocycles. The molecule has 3 heterocycles. The van der Waals surface area contributed by atoms with Crippen molar-refractivity contribution in [2.24, 2.45) is 22.0 Å². The van der Waals surface area contributed by atoms with Gasteiger partial charge in [-0.15, -0.1) is 11.3 Å². The van der Waals surface area contributed by atoms with Crippen molar-refractivity contribution in [3.05, 3.63) is 155 Å². The number of carbonyl (C=O) groups excluding carboxylic acids is 2. The number of benzene rings is 4. The van der Waals surface area contributed by atoms with Gasteiger partial charge in [0.2, 0.25) is 0 Å². The second-order valence-corrected chi connectivity index (χ2v) is 11.1. The standard InChI is InChI=1S/C35H26N4O2S/c40-34-30(32(24-14-5-1-6-15-24)36-38(34)26-18-9-3-10-19-26)29(28-22-13-23-42-28)31-33(25-16-7-2-8-17-25)37-39(35(31)41)27-20-11-4-12-21-27/h1-23,29-31H/t29?,30-,31+. The van der Waals surface area contributed by atoms with Gasteiger partial charge in [-0.3, -0.25) is 9.59 Å². The summed E-state index contributed by atoms with van der Waals surface area (Å²) in [4.78, 5) is 30.0. The molecule has 3 atom stereocenters. The number of hydrogen-bond acceptors (Lipinski definition) is 5. The van der Waals surface area contributed by atoms with Gasteiger partial charge < -0.3 is 0 Å². The first-order valence-electron chi connectivity index (χ1n) is 13.8. The van der Waals surface area contributed by atoms with Crippen molar-refractivity contribution in [3.63, 3.8) is 0 Å². The van der Waals surface area contributed by atoms with E-state index in [9.17, 15) is 9.59 Å². The summed E-state index contributed by atoms with van der Waals surface area (Å²) in [6, 6.07) is 42.4. The largest absolute Gasteiger partial charge is 0.272 e. The molecule has 5 aromatic rings. The van der Waals surface area contributed by atoms with Crippen LogP contribution in [0.25, 0.3) is 0 Å². The minimum Gasteiger partial charge on any atom is -0.272 e. The van der Waals surface area contributed by atoms with Crippen LogP contribution in [0.15, 0.2) is 149 Å². The number of amides is 2. The molecule has 2 aliphatic heterocycles. The molecule has 0 spiro atoms. The van der Waals surface area contributed by atoms with Crippen LogP contribution in [-0.4, -0.2) is 23.2 Å². The molecule has 0 fully saturated rings. The van der Waals surface area contributed by atoms with Gasteiger partial charge in [-0.2, -0.15) is 20.2 Å². The van der Waals surface area contributed by atoms with E-state index in [4.69, 9.17) is 10.2 Å². The highest BCUT2D eigenvalue weighted by molar-refractivity contribution is 7.10. The van der Waals surface area contributed by atoms with Gasteiger partial charge in [-0.05, 0) is 46.8 Å². The second kappa shape index (κ2) is 11.0. The van der Waals surface area contributed by atoms with E-state index in [1.165, 1.54) is 10.0 Å². The Labute approximate surface area is 247 Å². The van der Waals surface area contributed by atoms with Crippen LogP contribution in [0.2, 0.25) is 0 Å². The maximum absolute atomic E-state index is 14.5. The summed E-state index contributed by atoms with van der Waals surface area (Å²) in [5.41, 5.74) is 4.34. The summed E-state index contributed by atoms with van der Waals surface area (Å²) in [6.07, 6.45) is 0. The summed E-state index contributed by atoms with van der Waals surface area (Å²) < 4.78 is 0. The third-order valence-electron chi connectivity index (χ3n) is 7.68. The van der Waals surface area contributed by atoms with Crippen LogP contribution in [0.1, 0.15) is 21.9 Å². The Morgan fingerprint density at radius 2 is 0.929 bits per heavy atom. The number of hydrogen-bond donors (Lipinski definition) is 0. The van der Waals surface area contributed by atoms with Crippen LogP contribution >= 0.6 is 11.3 Å². The van der Waals surface area contributed by atoms with Crippen molar-refractivity contribution in [3.8, 4) is 0 Å². The lowest BCUT2D eigenvalue weighted by Gasteiger charge is -2.28. The lowest BCUT2D eigenvalue weighted by atomic mass is 9.73. The molecule has 0 N–H and O–H groups in total. The average molecular weight is 567 g/mol. The first-order valence-corrected chi connectivity index (χ1v) is 14.7. The van der Waals surface area contributed by atoms with Crippen LogP contribution < -0.4 is 10.0 Å². The summed E-state index contributed by atoms with van der Waals surface area (Å²) in [6.45, 7) is 0. The predicted molar refractivity (Wildman–Crippen MR) is 168 cm³/mol. The zero-order valence-electron chi connectivity index (χ0n) is 22.5. The summed E-state index contributed by atoms with van der Waals surface area (Å²) in [5, 5.41) is 14.8. The van der Waals surface area contributed by atoms with Gasteiger partial charge in [-0.1, -0.05) is 103 Å². The van der Waals surface area contributed by atoms with Gasteiger partial charge >= 0.3 is 0 Å². The summed E-state index contributed by atoms with van der Waals surface area (Å²) in [5.74, 6) is -2.31. The number of carbonyl (C=O) groups is 2. The van der Waals surface area contributed by atoms with E-state index < -0.39 is 17.8 Å². The molecule has 7 rings (SSSR count). The smallest absolute Gasteiger partial charge is 0.257 e. The summed E-state index contributed by atoms with van der Waals surface area (Å²) in [7, 11) is 0. The van der Waals surface area contributed by atoms with Crippen molar-refractivity contribution in [1.29, 1.82) is 0 Å². The van der Waals surface area contributed by atoms with Gasteiger partial charge in [0.05, 0.1) is 34.6 Å². The molecule has 0 saturated carbocycles. The maximum Gasteiger partial charge on any atom is 0.257 e. The van der Waals surface area contributed by atoms with E-state index in [1.54, 1.807) is 11.3 Å². The number of hydrazone groups is 2. The fourth-order valence-electron chi connectivity index (χ4n) is 5.79. The average Bonchev–Trinajstić information content (AvgIpc) is 3.79. The van der Waals surface area contributed by atoms with Crippen LogP contribution in [0.5, 0.6) is 0 Å². The molecule has 7 heteroatoms. The number of para-hydroxylation sites is 2. The van der Waals surface area contributed by atoms with E-state index in [2.05, 4.69) is 0 Å². The van der Waals surface area contributed by atoms with Crippen molar-refractivity contribution in [2.45, 2.75) is 5.92 Å². The molecule has 6 nitrogen and oxygen atoms in total. The molecule has 42 heavy (non-hydrogen) atoms. The number of thiophene rings is 1. The molecule has 2 aliphatic rings. The Hall–Kier alpha value is -5.14. The van der Waals surface area contributed by atoms with Crippen molar-refractivity contribution in [2.75, 3.05) is 10.0 Å². The first-order chi connectivity index (χ1) is 20.7. The Balaban J connectivity index is 1.42. The summed E-state index contributed by atoms with van der Waals surface area (Å²) >= 11 is 1.55. The van der Waals surface area contributed by atoms with Gasteiger partial charge in [0.15, 0.2) is 0 Å². The van der Waals surface area contributed by atoms with Crippen LogP contribution in [0.4, 0.5) is 11.4 Å². The molecular formula is C35H26N4O2S. The minimum absolute atomic E-state index is 0.170. The van der Waals surface area contributed by atoms with Crippen LogP contribution in [0.3, 0.4) is 0 Å². The molecule has 0 aliphatic carbocycles. The molecule has 1 unspecified atom stereocenters. The monoisotopic (exact) mass is 566 g/mol. The fourth-order valence-corrected chi connectivity index (χ4v) is 6.69. The van der Waals surface area contributed by atoms with E-state index in [0.717, 1.165) is 16.0 Å². The van der Waals surface area contributed by atoms with Gasteiger partial charge in [0.25, 0.3) is 11.8 Å². The fraction of sp³-hybridized carbons (Fsp3) is 0.0857. The van der Waals surface area contributed by atoms with Gasteiger partial charge in [0.1, 0.15) is 0 Å². The highest BCUT2D eigenvalue weighted by atomic mass is 32.1. The van der Waals surface area contributed by atoms with E-state index >= 15 is 0 Å². The maximum atomic E-state index is 14.5. The predicted octanol–water partition coefficient (Wildman–Crippen LogP) is 6.97. The third kappa shape index (κ3) is 4.54. The minimum atomic E-state index is -0.718. The normalized spacial score (nSPS) is 19.1. The topological polar surface area (TPSA) is 65.3 Å². The zero-order chi connectivity index (χ0) is 28.5. The SMILES string of the molecule is O=C1[C@@H](C(c2cccs2)[C@H]2C(=O)N(c3ccccc3)N=C2c2ccccc2)C(c2ccccc2)=NN1c1ccccc1. The Morgan fingerprint density at radius 3 is 1.31 bits per heavy atom. The third-order valence-corrected chi connectivity index (χ3v) is 8.66. The lowest BCUT2D eigenvalue weighted by molar-refractivity contribution is -0.122. The van der Waals surface area contributed by atoms with Crippen molar-refractivity contribution < 1.29 is 9.59 Å². The quantitative estimate of drug-likeness (QED) is 0.214. The van der Waals surface area contributed by atoms with Crippen molar-refractivity contribution >= 4 is 45.9 Å². The molecular weight excluding hydrogens is 540 g/mol. The van der Waals surface area contributed by atoms with Crippen molar-refractivity contribution in [1.82, 2.24) is 0 Å². The molecule has 0 radical (unpaired) electrons. The second-order valence-electron chi connectivity index (χ2n) is 10.2. The Bertz CT molecular complexity index is 1660. The molecule has 204 valence electrons. The zero-order valence-corrected chi connectivity index (χ0v) is 23.3. The molecule has 2 amide bonds. The number of nitrogens with zero attached hydrogens (tertiary/aromatic N) is 4. The highest BCUT2D eigenvalue weighted by Gasteiger charge is 2.52.